The normalized spacial score (nSPS) is 12.0. The first kappa shape index (κ1) is 13.5. The zero-order chi connectivity index (χ0) is 12.8. The Morgan fingerprint density at radius 3 is 2.76 bits per heavy atom. The highest BCUT2D eigenvalue weighted by Gasteiger charge is 2.07. The molecule has 0 saturated heterocycles. The second-order valence-electron chi connectivity index (χ2n) is 4.21. The van der Waals surface area contributed by atoms with Crippen molar-refractivity contribution in [3.05, 3.63) is 24.0 Å². The van der Waals surface area contributed by atoms with Gasteiger partial charge in [0.25, 0.3) is 0 Å². The summed E-state index contributed by atoms with van der Waals surface area (Å²) in [5.74, 6) is -0.466. The maximum absolute atomic E-state index is 13.5. The molecule has 0 aliphatic heterocycles. The van der Waals surface area contributed by atoms with E-state index in [1.165, 1.54) is 13.0 Å². The second kappa shape index (κ2) is 6.23. The first-order valence-corrected chi connectivity index (χ1v) is 5.86. The maximum atomic E-state index is 13.5. The molecular weight excluding hydrogens is 219 g/mol. The molecule has 2 N–H and O–H groups in total. The average Bonchev–Trinajstić information content (AvgIpc) is 2.22. The largest absolute Gasteiger partial charge is 0.380 e. The van der Waals surface area contributed by atoms with Crippen LogP contribution in [0.1, 0.15) is 33.6 Å². The smallest absolute Gasteiger partial charge is 0.221 e. The lowest BCUT2D eigenvalue weighted by atomic mass is 10.1. The average molecular weight is 238 g/mol. The van der Waals surface area contributed by atoms with Gasteiger partial charge in [-0.15, -0.1) is 0 Å². The van der Waals surface area contributed by atoms with Crippen molar-refractivity contribution < 1.29 is 9.18 Å². The van der Waals surface area contributed by atoms with Crippen molar-refractivity contribution in [3.8, 4) is 0 Å². The van der Waals surface area contributed by atoms with Crippen molar-refractivity contribution in [1.82, 2.24) is 0 Å². The molecule has 0 aliphatic carbocycles. The molecule has 0 aliphatic rings. The van der Waals surface area contributed by atoms with Gasteiger partial charge in [0, 0.05) is 18.7 Å². The first-order chi connectivity index (χ1) is 8.02. The minimum absolute atomic E-state index is 0.163. The van der Waals surface area contributed by atoms with Crippen LogP contribution in [-0.2, 0) is 4.79 Å². The monoisotopic (exact) mass is 238 g/mol. The molecule has 0 radical (unpaired) electrons. The lowest BCUT2D eigenvalue weighted by molar-refractivity contribution is -0.114. The Morgan fingerprint density at radius 1 is 1.47 bits per heavy atom. The van der Waals surface area contributed by atoms with Gasteiger partial charge in [0.2, 0.25) is 5.91 Å². The van der Waals surface area contributed by atoms with Gasteiger partial charge in [0.1, 0.15) is 5.82 Å². The lowest BCUT2D eigenvalue weighted by Crippen LogP contribution is -2.16. The Kier molecular flexibility index (Phi) is 4.94. The number of nitrogens with one attached hydrogen (secondary N) is 2. The van der Waals surface area contributed by atoms with Crippen molar-refractivity contribution in [3.63, 3.8) is 0 Å². The van der Waals surface area contributed by atoms with Crippen LogP contribution in [0.4, 0.5) is 15.8 Å². The van der Waals surface area contributed by atoms with Crippen LogP contribution < -0.4 is 10.6 Å². The Labute approximate surface area is 101 Å². The van der Waals surface area contributed by atoms with Crippen LogP contribution in [0.2, 0.25) is 0 Å². The van der Waals surface area contributed by atoms with Gasteiger partial charge >= 0.3 is 0 Å². The van der Waals surface area contributed by atoms with Crippen LogP contribution in [0, 0.1) is 5.82 Å². The van der Waals surface area contributed by atoms with Crippen LogP contribution in [0.25, 0.3) is 0 Å². The summed E-state index contributed by atoms with van der Waals surface area (Å²) in [6.45, 7) is 5.52. The Hall–Kier alpha value is -1.58. The molecule has 0 bridgehead atoms. The molecule has 1 aromatic rings. The number of carbonyl (C=O) groups excluding carboxylic acids is 1. The van der Waals surface area contributed by atoms with E-state index < -0.39 is 0 Å². The van der Waals surface area contributed by atoms with Crippen LogP contribution >= 0.6 is 0 Å². The van der Waals surface area contributed by atoms with Gasteiger partial charge in [-0.05, 0) is 31.5 Å². The molecule has 1 aromatic carbocycles. The molecule has 4 heteroatoms. The zero-order valence-electron chi connectivity index (χ0n) is 10.5. The van der Waals surface area contributed by atoms with Gasteiger partial charge in [-0.3, -0.25) is 4.79 Å². The predicted molar refractivity (Wildman–Crippen MR) is 68.7 cm³/mol. The van der Waals surface area contributed by atoms with E-state index >= 15 is 0 Å². The van der Waals surface area contributed by atoms with Gasteiger partial charge in [-0.25, -0.2) is 4.39 Å². The standard InChI is InChI=1S/C13H19FN2O/c1-4-5-9(2)15-13-8-11(16-10(3)17)6-7-12(13)14/h6-9,15H,4-5H2,1-3H3,(H,16,17). The molecule has 0 spiro atoms. The summed E-state index contributed by atoms with van der Waals surface area (Å²) >= 11 is 0. The highest BCUT2D eigenvalue weighted by molar-refractivity contribution is 5.89. The van der Waals surface area contributed by atoms with Crippen LogP contribution in [0.15, 0.2) is 18.2 Å². The molecule has 3 nitrogen and oxygen atoms in total. The third kappa shape index (κ3) is 4.43. The van der Waals surface area contributed by atoms with Gasteiger partial charge < -0.3 is 10.6 Å². The fourth-order valence-corrected chi connectivity index (χ4v) is 1.69. The van der Waals surface area contributed by atoms with E-state index in [1.54, 1.807) is 12.1 Å². The quantitative estimate of drug-likeness (QED) is 0.825. The van der Waals surface area contributed by atoms with Gasteiger partial charge in [0.15, 0.2) is 0 Å². The Morgan fingerprint density at radius 2 is 2.18 bits per heavy atom. The maximum Gasteiger partial charge on any atom is 0.221 e. The summed E-state index contributed by atoms with van der Waals surface area (Å²) in [6, 6.07) is 4.73. The molecule has 1 unspecified atom stereocenters. The lowest BCUT2D eigenvalue weighted by Gasteiger charge is -2.15. The summed E-state index contributed by atoms with van der Waals surface area (Å²) in [4.78, 5) is 10.9. The number of hydrogen-bond donors (Lipinski definition) is 2. The molecule has 1 rings (SSSR count). The summed E-state index contributed by atoms with van der Waals surface area (Å²) < 4.78 is 13.5. The van der Waals surface area contributed by atoms with E-state index in [1.807, 2.05) is 6.92 Å². The van der Waals surface area contributed by atoms with E-state index in [4.69, 9.17) is 0 Å². The molecule has 0 aromatic heterocycles. The van der Waals surface area contributed by atoms with Crippen molar-refractivity contribution in [1.29, 1.82) is 0 Å². The molecule has 1 atom stereocenters. The summed E-state index contributed by atoms with van der Waals surface area (Å²) in [5, 5.41) is 5.73. The number of hydrogen-bond acceptors (Lipinski definition) is 2. The first-order valence-electron chi connectivity index (χ1n) is 5.86. The van der Waals surface area contributed by atoms with E-state index in [-0.39, 0.29) is 17.8 Å². The van der Waals surface area contributed by atoms with Gasteiger partial charge in [-0.1, -0.05) is 13.3 Å². The van der Waals surface area contributed by atoms with Gasteiger partial charge in [-0.2, -0.15) is 0 Å². The Balaban J connectivity index is 2.79. The number of rotatable bonds is 5. The fraction of sp³-hybridized carbons (Fsp3) is 0.462. The van der Waals surface area contributed by atoms with Gasteiger partial charge in [0.05, 0.1) is 5.69 Å². The topological polar surface area (TPSA) is 41.1 Å². The van der Waals surface area contributed by atoms with E-state index in [0.29, 0.717) is 11.4 Å². The van der Waals surface area contributed by atoms with Crippen LogP contribution in [-0.4, -0.2) is 11.9 Å². The molecule has 0 saturated carbocycles. The highest BCUT2D eigenvalue weighted by Crippen LogP contribution is 2.21. The third-order valence-electron chi connectivity index (χ3n) is 2.41. The van der Waals surface area contributed by atoms with Crippen LogP contribution in [0.3, 0.4) is 0 Å². The zero-order valence-corrected chi connectivity index (χ0v) is 10.5. The van der Waals surface area contributed by atoms with Crippen molar-refractivity contribution >= 4 is 17.3 Å². The molecule has 0 fully saturated rings. The van der Waals surface area contributed by atoms with Crippen molar-refractivity contribution in [2.24, 2.45) is 0 Å². The minimum Gasteiger partial charge on any atom is -0.380 e. The third-order valence-corrected chi connectivity index (χ3v) is 2.41. The number of carbonyl (C=O) groups is 1. The second-order valence-corrected chi connectivity index (χ2v) is 4.21. The molecule has 1 amide bonds. The summed E-state index contributed by atoms with van der Waals surface area (Å²) in [6.07, 6.45) is 2.02. The molecule has 94 valence electrons. The Bertz CT molecular complexity index is 393. The molecular formula is C13H19FN2O. The molecule has 0 heterocycles. The summed E-state index contributed by atoms with van der Waals surface area (Å²) in [5.41, 5.74) is 1.03. The van der Waals surface area contributed by atoms with Crippen molar-refractivity contribution in [2.75, 3.05) is 10.6 Å². The highest BCUT2D eigenvalue weighted by atomic mass is 19.1. The SMILES string of the molecule is CCCC(C)Nc1cc(NC(C)=O)ccc1F. The number of anilines is 2. The van der Waals surface area contributed by atoms with E-state index in [0.717, 1.165) is 12.8 Å². The van der Waals surface area contributed by atoms with Crippen molar-refractivity contribution in [2.45, 2.75) is 39.7 Å². The number of benzene rings is 1. The van der Waals surface area contributed by atoms with Crippen LogP contribution in [0.5, 0.6) is 0 Å². The van der Waals surface area contributed by atoms with E-state index in [9.17, 15) is 9.18 Å². The van der Waals surface area contributed by atoms with E-state index in [2.05, 4.69) is 17.6 Å². The number of halogens is 1. The number of amides is 1. The summed E-state index contributed by atoms with van der Waals surface area (Å²) in [7, 11) is 0. The predicted octanol–water partition coefficient (Wildman–Crippen LogP) is 3.38. The fourth-order valence-electron chi connectivity index (χ4n) is 1.69. The minimum atomic E-state index is -0.304. The molecule has 17 heavy (non-hydrogen) atoms.